The smallest absolute Gasteiger partial charge is 0.228 e. The zero-order valence-electron chi connectivity index (χ0n) is 19.5. The van der Waals surface area contributed by atoms with Gasteiger partial charge in [-0.15, -0.1) is 0 Å². The fraction of sp³-hybridized carbons (Fsp3) is 0.440. The average Bonchev–Trinajstić information content (AvgIpc) is 3.15. The van der Waals surface area contributed by atoms with Crippen LogP contribution in [0, 0.1) is 12.3 Å². The van der Waals surface area contributed by atoms with E-state index in [0.717, 1.165) is 23.2 Å². The van der Waals surface area contributed by atoms with Gasteiger partial charge >= 0.3 is 0 Å². The average molecular weight is 434 g/mol. The minimum absolute atomic E-state index is 0.0312. The minimum atomic E-state index is -0.473. The van der Waals surface area contributed by atoms with Crippen LogP contribution in [-0.2, 0) is 29.0 Å². The van der Waals surface area contributed by atoms with Gasteiger partial charge in [-0.05, 0) is 31.4 Å². The fourth-order valence-electron chi connectivity index (χ4n) is 4.37. The van der Waals surface area contributed by atoms with Gasteiger partial charge in [-0.3, -0.25) is 14.5 Å². The normalized spacial score (nSPS) is 14.0. The van der Waals surface area contributed by atoms with Crippen LogP contribution in [0.5, 0.6) is 0 Å². The van der Waals surface area contributed by atoms with Crippen molar-refractivity contribution in [2.24, 2.45) is 5.41 Å². The van der Waals surface area contributed by atoms with Crippen molar-refractivity contribution in [3.8, 4) is 0 Å². The first-order valence-corrected chi connectivity index (χ1v) is 11.1. The van der Waals surface area contributed by atoms with Crippen LogP contribution >= 0.6 is 0 Å². The maximum Gasteiger partial charge on any atom is 0.228 e. The third-order valence-corrected chi connectivity index (χ3v) is 6.03. The number of hydrogen-bond acceptors (Lipinski definition) is 4. The van der Waals surface area contributed by atoms with E-state index in [9.17, 15) is 9.59 Å². The Morgan fingerprint density at radius 1 is 1.19 bits per heavy atom. The van der Waals surface area contributed by atoms with Crippen molar-refractivity contribution < 1.29 is 9.59 Å². The number of fused-ring (bicyclic) bond motifs is 2. The number of hydrogen-bond donors (Lipinski definition) is 1. The lowest BCUT2D eigenvalue weighted by Gasteiger charge is -2.30. The van der Waals surface area contributed by atoms with E-state index in [4.69, 9.17) is 4.98 Å². The van der Waals surface area contributed by atoms with E-state index in [0.29, 0.717) is 37.6 Å². The lowest BCUT2D eigenvalue weighted by atomic mass is 9.95. The highest BCUT2D eigenvalue weighted by atomic mass is 16.2. The molecule has 0 fully saturated rings. The highest BCUT2D eigenvalue weighted by Gasteiger charge is 2.29. The summed E-state index contributed by atoms with van der Waals surface area (Å²) < 4.78 is 0. The molecule has 3 heterocycles. The number of aryl methyl sites for hydroxylation is 1. The molecule has 1 aromatic carbocycles. The van der Waals surface area contributed by atoms with E-state index in [-0.39, 0.29) is 11.8 Å². The van der Waals surface area contributed by atoms with Gasteiger partial charge in [0.25, 0.3) is 0 Å². The van der Waals surface area contributed by atoms with Crippen LogP contribution in [0.25, 0.3) is 10.9 Å². The Bertz CT molecular complexity index is 1170. The summed E-state index contributed by atoms with van der Waals surface area (Å²) in [6.45, 7) is 8.53. The van der Waals surface area contributed by atoms with Crippen molar-refractivity contribution in [1.29, 1.82) is 0 Å². The third kappa shape index (κ3) is 4.24. The molecular weight excluding hydrogens is 402 g/mol. The number of aromatic amines is 1. The standard InChI is InChI=1S/C25H31N5O2/c1-16-18-10-11-22(31)30(13-12-17-14-26-20-9-7-6-8-19(17)20)23(18)28-21(27-16)15-29(5)24(32)25(2,3)4/h6-9,14,26H,10-13,15H2,1-5H3. The number of benzene rings is 1. The van der Waals surface area contributed by atoms with Gasteiger partial charge in [-0.1, -0.05) is 39.0 Å². The van der Waals surface area contributed by atoms with Crippen molar-refractivity contribution in [2.45, 2.75) is 53.5 Å². The summed E-state index contributed by atoms with van der Waals surface area (Å²) in [6, 6.07) is 8.19. The molecule has 2 amide bonds. The van der Waals surface area contributed by atoms with Crippen LogP contribution in [0.3, 0.4) is 0 Å². The number of para-hydroxylation sites is 1. The maximum absolute atomic E-state index is 12.9. The Morgan fingerprint density at radius 3 is 2.69 bits per heavy atom. The molecule has 1 aliphatic rings. The third-order valence-electron chi connectivity index (χ3n) is 6.03. The number of carbonyl (C=O) groups excluding carboxylic acids is 2. The molecule has 4 rings (SSSR count). The lowest BCUT2D eigenvalue weighted by molar-refractivity contribution is -0.138. The van der Waals surface area contributed by atoms with Crippen LogP contribution in [0.1, 0.15) is 49.8 Å². The molecule has 3 aromatic rings. The number of nitrogens with zero attached hydrogens (tertiary/aromatic N) is 4. The van der Waals surface area contributed by atoms with E-state index < -0.39 is 5.41 Å². The molecule has 0 saturated heterocycles. The molecular formula is C25H31N5O2. The van der Waals surface area contributed by atoms with E-state index in [1.54, 1.807) is 16.8 Å². The fourth-order valence-corrected chi connectivity index (χ4v) is 4.37. The SMILES string of the molecule is Cc1nc(CN(C)C(=O)C(C)(C)C)nc2c1CCC(=O)N2CCc1c[nH]c2ccccc12. The van der Waals surface area contributed by atoms with E-state index >= 15 is 0 Å². The maximum atomic E-state index is 12.9. The highest BCUT2D eigenvalue weighted by Crippen LogP contribution is 2.29. The molecule has 0 radical (unpaired) electrons. The Balaban J connectivity index is 1.59. The monoisotopic (exact) mass is 433 g/mol. The molecule has 1 aliphatic heterocycles. The Labute approximate surface area is 188 Å². The zero-order chi connectivity index (χ0) is 23.0. The number of carbonyl (C=O) groups is 2. The summed E-state index contributed by atoms with van der Waals surface area (Å²) in [5.41, 5.74) is 3.71. The van der Waals surface area contributed by atoms with Crippen molar-refractivity contribution in [2.75, 3.05) is 18.5 Å². The van der Waals surface area contributed by atoms with Crippen molar-refractivity contribution >= 4 is 28.5 Å². The summed E-state index contributed by atoms with van der Waals surface area (Å²) in [5.74, 6) is 1.37. The largest absolute Gasteiger partial charge is 0.361 e. The second-order valence-corrected chi connectivity index (χ2v) is 9.59. The zero-order valence-corrected chi connectivity index (χ0v) is 19.5. The molecule has 168 valence electrons. The summed E-state index contributed by atoms with van der Waals surface area (Å²) in [4.78, 5) is 41.6. The van der Waals surface area contributed by atoms with Crippen molar-refractivity contribution in [1.82, 2.24) is 19.9 Å². The van der Waals surface area contributed by atoms with Gasteiger partial charge in [0, 0.05) is 53.8 Å². The van der Waals surface area contributed by atoms with E-state index in [1.807, 2.05) is 46.0 Å². The van der Waals surface area contributed by atoms with Gasteiger partial charge in [-0.25, -0.2) is 9.97 Å². The number of aromatic nitrogens is 3. The Morgan fingerprint density at radius 2 is 1.94 bits per heavy atom. The first-order valence-electron chi connectivity index (χ1n) is 11.1. The predicted octanol–water partition coefficient (Wildman–Crippen LogP) is 3.79. The predicted molar refractivity (Wildman–Crippen MR) is 125 cm³/mol. The lowest BCUT2D eigenvalue weighted by Crippen LogP contribution is -2.39. The molecule has 0 unspecified atom stereocenters. The number of rotatable bonds is 5. The Kier molecular flexibility index (Phi) is 5.75. The van der Waals surface area contributed by atoms with Gasteiger partial charge < -0.3 is 9.88 Å². The first-order chi connectivity index (χ1) is 15.1. The minimum Gasteiger partial charge on any atom is -0.361 e. The van der Waals surface area contributed by atoms with Crippen LogP contribution in [0.4, 0.5) is 5.82 Å². The molecule has 2 aromatic heterocycles. The summed E-state index contributed by atoms with van der Waals surface area (Å²) in [7, 11) is 1.77. The molecule has 0 bridgehead atoms. The Hall–Kier alpha value is -3.22. The van der Waals surface area contributed by atoms with Crippen LogP contribution in [-0.4, -0.2) is 45.3 Å². The quantitative estimate of drug-likeness (QED) is 0.664. The van der Waals surface area contributed by atoms with Crippen molar-refractivity contribution in [3.05, 3.63) is 53.1 Å². The molecule has 0 spiro atoms. The van der Waals surface area contributed by atoms with Gasteiger partial charge in [0.15, 0.2) is 0 Å². The van der Waals surface area contributed by atoms with Gasteiger partial charge in [0.1, 0.15) is 11.6 Å². The number of nitrogens with one attached hydrogen (secondary N) is 1. The number of amides is 2. The topological polar surface area (TPSA) is 82.2 Å². The molecule has 7 nitrogen and oxygen atoms in total. The van der Waals surface area contributed by atoms with Crippen LogP contribution in [0.2, 0.25) is 0 Å². The summed E-state index contributed by atoms with van der Waals surface area (Å²) in [5, 5.41) is 1.18. The van der Waals surface area contributed by atoms with Gasteiger partial charge in [-0.2, -0.15) is 0 Å². The van der Waals surface area contributed by atoms with Crippen molar-refractivity contribution in [3.63, 3.8) is 0 Å². The second-order valence-electron chi connectivity index (χ2n) is 9.59. The molecule has 0 atom stereocenters. The summed E-state index contributed by atoms with van der Waals surface area (Å²) in [6.07, 6.45) is 3.87. The number of anilines is 1. The van der Waals surface area contributed by atoms with Crippen LogP contribution in [0.15, 0.2) is 30.5 Å². The summed E-state index contributed by atoms with van der Waals surface area (Å²) >= 11 is 0. The molecule has 0 aliphatic carbocycles. The molecule has 32 heavy (non-hydrogen) atoms. The second kappa shape index (κ2) is 8.37. The molecule has 1 N–H and O–H groups in total. The van der Waals surface area contributed by atoms with Gasteiger partial charge in [0.05, 0.1) is 6.54 Å². The number of H-pyrrole nitrogens is 1. The van der Waals surface area contributed by atoms with Crippen LogP contribution < -0.4 is 4.90 Å². The molecule has 7 heteroatoms. The van der Waals surface area contributed by atoms with Gasteiger partial charge in [0.2, 0.25) is 11.8 Å². The van der Waals surface area contributed by atoms with E-state index in [1.165, 1.54) is 10.9 Å². The molecule has 0 saturated carbocycles. The highest BCUT2D eigenvalue weighted by molar-refractivity contribution is 5.95. The first kappa shape index (κ1) is 22.0. The van der Waals surface area contributed by atoms with E-state index in [2.05, 4.69) is 22.1 Å².